The molecule has 53 heavy (non-hydrogen) atoms. The van der Waals surface area contributed by atoms with Crippen LogP contribution in [0.5, 0.6) is 11.5 Å². The van der Waals surface area contributed by atoms with Gasteiger partial charge in [-0.15, -0.1) is 0 Å². The van der Waals surface area contributed by atoms with E-state index < -0.39 is 7.29 Å². The largest absolute Gasteiger partial charge is 0.497 e. The molecule has 7 aromatic carbocycles. The average Bonchev–Trinajstić information content (AvgIpc) is 3.20. The second-order valence-corrected chi connectivity index (χ2v) is 16.5. The molecule has 0 bridgehead atoms. The lowest BCUT2D eigenvalue weighted by molar-refractivity contribution is 0.307. The quantitative estimate of drug-likeness (QED) is 0.125. The van der Waals surface area contributed by atoms with Gasteiger partial charge in [-0.1, -0.05) is 121 Å². The van der Waals surface area contributed by atoms with Crippen molar-refractivity contribution < 1.29 is 14.0 Å². The van der Waals surface area contributed by atoms with E-state index in [1.165, 1.54) is 0 Å². The van der Waals surface area contributed by atoms with Crippen molar-refractivity contribution in [3.8, 4) is 56.0 Å². The molecule has 5 heteroatoms. The number of ether oxygens (including phenoxy) is 2. The number of hydrogen-bond acceptors (Lipinski definition) is 3. The van der Waals surface area contributed by atoms with Crippen molar-refractivity contribution in [1.82, 2.24) is 4.67 Å². The van der Waals surface area contributed by atoms with Crippen molar-refractivity contribution >= 4 is 28.7 Å². The standard InChI is InChI=1S/C48H46NO3P/c1-33(2)49(34(3)4)53(50,40-26-18-25-38(31-40)51-5)44-32-39(52-6)29-30-43(44)48-42-28-17-16-27-41(42)45(35-19-10-7-11-20-35)46(36-21-12-8-13-22-36)47(48)37-23-14-9-15-24-37/h7-34H,1-6H3/t53-/m1/s1. The Morgan fingerprint density at radius 3 is 1.43 bits per heavy atom. The third-order valence-corrected chi connectivity index (χ3v) is 13.6. The number of hydrogen-bond donors (Lipinski definition) is 0. The zero-order valence-electron chi connectivity index (χ0n) is 31.3. The molecule has 0 heterocycles. The van der Waals surface area contributed by atoms with E-state index in [0.29, 0.717) is 16.8 Å². The van der Waals surface area contributed by atoms with E-state index in [1.807, 2.05) is 36.4 Å². The molecule has 1 atom stereocenters. The van der Waals surface area contributed by atoms with Gasteiger partial charge in [-0.05, 0) is 119 Å². The molecule has 0 saturated carbocycles. The number of nitrogens with zero attached hydrogens (tertiary/aromatic N) is 1. The average molecular weight is 716 g/mol. The van der Waals surface area contributed by atoms with Crippen LogP contribution in [-0.2, 0) is 4.57 Å². The normalized spacial score (nSPS) is 12.7. The Hall–Kier alpha value is -5.41. The molecule has 0 aliphatic carbocycles. The van der Waals surface area contributed by atoms with Crippen LogP contribution in [0.1, 0.15) is 27.7 Å². The van der Waals surface area contributed by atoms with Gasteiger partial charge in [-0.3, -0.25) is 4.57 Å². The molecule has 0 aromatic heterocycles. The van der Waals surface area contributed by atoms with E-state index in [9.17, 15) is 0 Å². The lowest BCUT2D eigenvalue weighted by Crippen LogP contribution is -2.41. The number of methoxy groups -OCH3 is 2. The fourth-order valence-corrected chi connectivity index (χ4v) is 11.5. The number of rotatable bonds is 11. The van der Waals surface area contributed by atoms with Crippen molar-refractivity contribution in [3.05, 3.63) is 158 Å². The zero-order chi connectivity index (χ0) is 37.1. The third kappa shape index (κ3) is 6.59. The predicted octanol–water partition coefficient (Wildman–Crippen LogP) is 11.9. The summed E-state index contributed by atoms with van der Waals surface area (Å²) in [7, 11) is -0.277. The Labute approximate surface area is 314 Å². The second-order valence-electron chi connectivity index (χ2n) is 13.9. The topological polar surface area (TPSA) is 38.8 Å². The van der Waals surface area contributed by atoms with Crippen LogP contribution in [0.3, 0.4) is 0 Å². The van der Waals surface area contributed by atoms with Crippen LogP contribution in [0.2, 0.25) is 0 Å². The van der Waals surface area contributed by atoms with Gasteiger partial charge in [0.15, 0.2) is 0 Å². The highest BCUT2D eigenvalue weighted by Crippen LogP contribution is 2.56. The second kappa shape index (κ2) is 15.3. The van der Waals surface area contributed by atoms with Gasteiger partial charge in [0, 0.05) is 22.7 Å². The predicted molar refractivity (Wildman–Crippen MR) is 224 cm³/mol. The number of benzene rings is 7. The van der Waals surface area contributed by atoms with Crippen LogP contribution in [0, 0.1) is 0 Å². The van der Waals surface area contributed by atoms with E-state index in [0.717, 1.165) is 60.6 Å². The summed E-state index contributed by atoms with van der Waals surface area (Å²) in [5.41, 5.74) is 8.61. The SMILES string of the molecule is COc1cccc([P@@](=O)(c2cc(OC)ccc2-c2c(-c3ccccc3)c(-c3ccccc3)c(-c3ccccc3)c3ccccc23)N(C(C)C)C(C)C)c1. The van der Waals surface area contributed by atoms with Crippen molar-refractivity contribution in [2.75, 3.05) is 14.2 Å². The van der Waals surface area contributed by atoms with Gasteiger partial charge in [0.25, 0.3) is 0 Å². The highest BCUT2D eigenvalue weighted by molar-refractivity contribution is 7.76. The molecule has 0 spiro atoms. The first-order valence-corrected chi connectivity index (χ1v) is 19.9. The Balaban J connectivity index is 1.74. The van der Waals surface area contributed by atoms with Crippen molar-refractivity contribution in [3.63, 3.8) is 0 Å². The molecule has 0 aliphatic heterocycles. The van der Waals surface area contributed by atoms with Gasteiger partial charge in [0.05, 0.1) is 14.2 Å². The van der Waals surface area contributed by atoms with Gasteiger partial charge in [-0.2, -0.15) is 0 Å². The van der Waals surface area contributed by atoms with Crippen molar-refractivity contribution in [2.24, 2.45) is 0 Å². The fraction of sp³-hybridized carbons (Fsp3) is 0.167. The van der Waals surface area contributed by atoms with Crippen LogP contribution >= 0.6 is 7.29 Å². The summed E-state index contributed by atoms with van der Waals surface area (Å²) in [5.74, 6) is 1.31. The molecule has 0 saturated heterocycles. The van der Waals surface area contributed by atoms with Crippen molar-refractivity contribution in [1.29, 1.82) is 0 Å². The molecule has 0 amide bonds. The summed E-state index contributed by atoms with van der Waals surface area (Å²) in [4.78, 5) is 0. The highest BCUT2D eigenvalue weighted by atomic mass is 31.2. The van der Waals surface area contributed by atoms with Gasteiger partial charge < -0.3 is 9.47 Å². The number of fused-ring (bicyclic) bond motifs is 1. The maximum atomic E-state index is 16.8. The molecule has 0 unspecified atom stereocenters. The molecule has 266 valence electrons. The first-order valence-electron chi connectivity index (χ1n) is 18.2. The van der Waals surface area contributed by atoms with Crippen LogP contribution in [0.4, 0.5) is 0 Å². The monoisotopic (exact) mass is 715 g/mol. The minimum absolute atomic E-state index is 0.0447. The zero-order valence-corrected chi connectivity index (χ0v) is 32.2. The summed E-state index contributed by atoms with van der Waals surface area (Å²) < 4.78 is 30.6. The molecule has 7 rings (SSSR count). The van der Waals surface area contributed by atoms with Crippen LogP contribution in [-0.4, -0.2) is 31.0 Å². The lowest BCUT2D eigenvalue weighted by atomic mass is 9.79. The summed E-state index contributed by atoms with van der Waals surface area (Å²) in [5, 5.41) is 3.63. The molecule has 0 N–H and O–H groups in total. The van der Waals surface area contributed by atoms with E-state index in [2.05, 4.69) is 154 Å². The molecule has 0 fully saturated rings. The van der Waals surface area contributed by atoms with Gasteiger partial charge in [-0.25, -0.2) is 4.67 Å². The summed E-state index contributed by atoms with van der Waals surface area (Å²) in [6.07, 6.45) is 0. The summed E-state index contributed by atoms with van der Waals surface area (Å²) in [6.45, 7) is 8.50. The minimum Gasteiger partial charge on any atom is -0.497 e. The maximum Gasteiger partial charge on any atom is 0.208 e. The smallest absolute Gasteiger partial charge is 0.208 e. The molecular weight excluding hydrogens is 670 g/mol. The fourth-order valence-electron chi connectivity index (χ4n) is 7.95. The molecule has 0 aliphatic rings. The molecular formula is C48H46NO3P. The highest BCUT2D eigenvalue weighted by Gasteiger charge is 2.41. The Morgan fingerprint density at radius 1 is 0.472 bits per heavy atom. The maximum absolute atomic E-state index is 16.8. The first kappa shape index (κ1) is 36.0. The van der Waals surface area contributed by atoms with Gasteiger partial charge in [0.2, 0.25) is 7.29 Å². The third-order valence-electron chi connectivity index (χ3n) is 9.99. The van der Waals surface area contributed by atoms with Gasteiger partial charge >= 0.3 is 0 Å². The van der Waals surface area contributed by atoms with E-state index in [1.54, 1.807) is 14.2 Å². The first-order chi connectivity index (χ1) is 25.8. The molecule has 4 nitrogen and oxygen atoms in total. The lowest BCUT2D eigenvalue weighted by Gasteiger charge is -2.39. The van der Waals surface area contributed by atoms with Crippen LogP contribution < -0.4 is 20.1 Å². The Bertz CT molecular complexity index is 2400. The minimum atomic E-state index is -3.60. The van der Waals surface area contributed by atoms with Crippen molar-refractivity contribution in [2.45, 2.75) is 39.8 Å². The summed E-state index contributed by atoms with van der Waals surface area (Å²) in [6, 6.07) is 54.4. The Kier molecular flexibility index (Phi) is 10.4. The molecule has 0 radical (unpaired) electrons. The molecule has 7 aromatic rings. The van der Waals surface area contributed by atoms with E-state index in [-0.39, 0.29) is 12.1 Å². The summed E-state index contributed by atoms with van der Waals surface area (Å²) >= 11 is 0. The van der Waals surface area contributed by atoms with E-state index in [4.69, 9.17) is 9.47 Å². The van der Waals surface area contributed by atoms with E-state index >= 15 is 4.57 Å². The van der Waals surface area contributed by atoms with Crippen LogP contribution in [0.15, 0.2) is 158 Å². The van der Waals surface area contributed by atoms with Crippen LogP contribution in [0.25, 0.3) is 55.3 Å². The van der Waals surface area contributed by atoms with Gasteiger partial charge in [0.1, 0.15) is 11.5 Å². The Morgan fingerprint density at radius 2 is 0.925 bits per heavy atom.